The fourth-order valence-electron chi connectivity index (χ4n) is 12.3. The molecule has 2 atom stereocenters. The zero-order valence-corrected chi connectivity index (χ0v) is 39.2. The van der Waals surface area contributed by atoms with Crippen molar-refractivity contribution in [3.8, 4) is 5.69 Å². The van der Waals surface area contributed by atoms with Crippen molar-refractivity contribution < 1.29 is 0 Å². The zero-order valence-electron chi connectivity index (χ0n) is 39.2. The van der Waals surface area contributed by atoms with Crippen LogP contribution in [0, 0.1) is 5.92 Å². The van der Waals surface area contributed by atoms with E-state index in [0.717, 1.165) is 34.9 Å². The summed E-state index contributed by atoms with van der Waals surface area (Å²) in [6, 6.07) is 69.3. The quantitative estimate of drug-likeness (QED) is 0.178. The standard InChI is InChI=1S/C64H54N4/c1-62(2)36-37-63(3,4)55-40-57-51(39-54(55)62)58-48-25-15-14-18-41(48)31-35-56(58)68(57)47-32-28-43(29-33-47)60-65-59(42-19-8-5-9-20-42)66-61(67-60)44-30-34-50-49-26-16-17-27-52(49)64(53(50)38-44,45-21-10-6-11-22-45)46-23-12-7-13-24-46/h5-29,31-35,38-40,44,59H,30,36-37H2,1-4H3,(H,65,66,67). The fraction of sp³-hybridized carbons (Fsp3) is 0.188. The third-order valence-corrected chi connectivity index (χ3v) is 15.9. The molecular weight excluding hydrogens is 825 g/mol. The molecule has 2 unspecified atom stereocenters. The molecule has 330 valence electrons. The number of allylic oxidation sites excluding steroid dienone is 3. The average Bonchev–Trinajstić information content (AvgIpc) is 3.88. The number of fused-ring (bicyclic) bond motifs is 9. The lowest BCUT2D eigenvalue weighted by Gasteiger charge is -2.42. The summed E-state index contributed by atoms with van der Waals surface area (Å²) >= 11 is 0. The van der Waals surface area contributed by atoms with Crippen LogP contribution < -0.4 is 5.32 Å². The van der Waals surface area contributed by atoms with Gasteiger partial charge < -0.3 is 9.88 Å². The maximum atomic E-state index is 5.49. The van der Waals surface area contributed by atoms with Crippen LogP contribution in [0.4, 0.5) is 0 Å². The Balaban J connectivity index is 0.950. The predicted octanol–water partition coefficient (Wildman–Crippen LogP) is 15.1. The predicted molar refractivity (Wildman–Crippen MR) is 283 cm³/mol. The highest BCUT2D eigenvalue weighted by molar-refractivity contribution is 6.21. The van der Waals surface area contributed by atoms with E-state index in [9.17, 15) is 0 Å². The van der Waals surface area contributed by atoms with Gasteiger partial charge in [-0.3, -0.25) is 0 Å². The van der Waals surface area contributed by atoms with E-state index in [4.69, 9.17) is 9.98 Å². The van der Waals surface area contributed by atoms with Crippen LogP contribution in [0.5, 0.6) is 0 Å². The number of hydrogen-bond donors (Lipinski definition) is 1. The Labute approximate surface area is 399 Å². The molecule has 1 N–H and O–H groups in total. The van der Waals surface area contributed by atoms with Crippen molar-refractivity contribution in [1.29, 1.82) is 0 Å². The highest BCUT2D eigenvalue weighted by Crippen LogP contribution is 2.59. The van der Waals surface area contributed by atoms with Gasteiger partial charge in [0.2, 0.25) is 0 Å². The minimum atomic E-state index is -0.483. The molecule has 0 fully saturated rings. The molecule has 8 aromatic carbocycles. The van der Waals surface area contributed by atoms with E-state index < -0.39 is 5.41 Å². The number of amidine groups is 2. The third-order valence-electron chi connectivity index (χ3n) is 15.9. The van der Waals surface area contributed by atoms with Gasteiger partial charge in [0, 0.05) is 27.9 Å². The highest BCUT2D eigenvalue weighted by atomic mass is 15.2. The first kappa shape index (κ1) is 40.7. The minimum Gasteiger partial charge on any atom is -0.344 e. The fourth-order valence-corrected chi connectivity index (χ4v) is 12.3. The van der Waals surface area contributed by atoms with Crippen LogP contribution >= 0.6 is 0 Å². The Bertz CT molecular complexity index is 3570. The Kier molecular flexibility index (Phi) is 9.12. The lowest BCUT2D eigenvalue weighted by Crippen LogP contribution is -2.35. The van der Waals surface area contributed by atoms with Crippen LogP contribution in [0.3, 0.4) is 0 Å². The topological polar surface area (TPSA) is 41.7 Å². The van der Waals surface area contributed by atoms with Gasteiger partial charge in [0.1, 0.15) is 17.8 Å². The van der Waals surface area contributed by atoms with Crippen LogP contribution in [-0.2, 0) is 16.2 Å². The molecule has 3 aliphatic carbocycles. The molecule has 13 rings (SSSR count). The first-order chi connectivity index (χ1) is 33.2. The molecule has 1 aliphatic heterocycles. The number of benzene rings is 8. The Morgan fingerprint density at radius 3 is 1.93 bits per heavy atom. The largest absolute Gasteiger partial charge is 0.344 e. The van der Waals surface area contributed by atoms with E-state index in [1.54, 1.807) is 0 Å². The molecule has 0 bridgehead atoms. The van der Waals surface area contributed by atoms with E-state index >= 15 is 0 Å². The number of nitrogens with zero attached hydrogens (tertiary/aromatic N) is 3. The minimum absolute atomic E-state index is 0.0370. The van der Waals surface area contributed by atoms with Crippen LogP contribution in [0.1, 0.15) is 97.6 Å². The van der Waals surface area contributed by atoms with Crippen LogP contribution in [0.15, 0.2) is 216 Å². The molecular formula is C64H54N4. The summed E-state index contributed by atoms with van der Waals surface area (Å²) in [5.41, 5.74) is 16.2. The molecule has 0 saturated carbocycles. The van der Waals surface area contributed by atoms with Gasteiger partial charge in [-0.25, -0.2) is 9.98 Å². The third kappa shape index (κ3) is 6.12. The van der Waals surface area contributed by atoms with Crippen LogP contribution in [0.2, 0.25) is 0 Å². The molecule has 4 nitrogen and oxygen atoms in total. The molecule has 1 aromatic heterocycles. The monoisotopic (exact) mass is 878 g/mol. The van der Waals surface area contributed by atoms with Gasteiger partial charge in [-0.15, -0.1) is 0 Å². The summed E-state index contributed by atoms with van der Waals surface area (Å²) in [5.74, 6) is 1.64. The second kappa shape index (κ2) is 15.2. The molecule has 2 heterocycles. The Morgan fingerprint density at radius 2 is 1.21 bits per heavy atom. The van der Waals surface area contributed by atoms with Crippen molar-refractivity contribution in [2.45, 2.75) is 69.4 Å². The van der Waals surface area contributed by atoms with Crippen molar-refractivity contribution in [1.82, 2.24) is 9.88 Å². The summed E-state index contributed by atoms with van der Waals surface area (Å²) in [5, 5.41) is 8.99. The van der Waals surface area contributed by atoms with E-state index in [2.05, 4.69) is 238 Å². The molecule has 68 heavy (non-hydrogen) atoms. The number of rotatable bonds is 6. The zero-order chi connectivity index (χ0) is 45.8. The van der Waals surface area contributed by atoms with E-state index in [-0.39, 0.29) is 22.9 Å². The van der Waals surface area contributed by atoms with Gasteiger partial charge in [0.05, 0.1) is 16.4 Å². The molecule has 0 radical (unpaired) electrons. The van der Waals surface area contributed by atoms with Crippen molar-refractivity contribution in [2.24, 2.45) is 15.9 Å². The lowest BCUT2D eigenvalue weighted by molar-refractivity contribution is 0.332. The lowest BCUT2D eigenvalue weighted by atomic mass is 9.63. The molecule has 9 aromatic rings. The van der Waals surface area contributed by atoms with E-state index in [0.29, 0.717) is 0 Å². The van der Waals surface area contributed by atoms with Crippen molar-refractivity contribution in [3.63, 3.8) is 0 Å². The molecule has 4 heteroatoms. The number of hydrogen-bond acceptors (Lipinski definition) is 3. The summed E-state index contributed by atoms with van der Waals surface area (Å²) in [6.07, 6.45) is 7.82. The normalized spacial score (nSPS) is 19.8. The van der Waals surface area contributed by atoms with Crippen molar-refractivity contribution in [3.05, 3.63) is 250 Å². The summed E-state index contributed by atoms with van der Waals surface area (Å²) in [4.78, 5) is 10.9. The van der Waals surface area contributed by atoms with E-state index in [1.165, 1.54) is 89.9 Å². The molecule has 0 amide bonds. The second-order valence-electron chi connectivity index (χ2n) is 20.7. The molecule has 0 saturated heterocycles. The Hall–Kier alpha value is -7.56. The maximum absolute atomic E-state index is 5.49. The van der Waals surface area contributed by atoms with Crippen molar-refractivity contribution >= 4 is 49.8 Å². The SMILES string of the molecule is CC1(C)CCC(C)(C)c2cc3c(cc21)c1c2ccccc2ccc1n3-c1ccc(C2=NC(C3C=C4C(=CC3)c3ccccc3C4(c3ccccc3)c3ccccc3)=NC(c3ccccc3)N2)cc1. The smallest absolute Gasteiger partial charge is 0.147 e. The van der Waals surface area contributed by atoms with E-state index in [1.807, 2.05) is 0 Å². The average molecular weight is 879 g/mol. The van der Waals surface area contributed by atoms with Crippen LogP contribution in [0.25, 0.3) is 43.8 Å². The van der Waals surface area contributed by atoms with Gasteiger partial charge in [0.25, 0.3) is 0 Å². The summed E-state index contributed by atoms with van der Waals surface area (Å²) in [7, 11) is 0. The van der Waals surface area contributed by atoms with Gasteiger partial charge in [0.15, 0.2) is 0 Å². The summed E-state index contributed by atoms with van der Waals surface area (Å²) < 4.78 is 2.50. The second-order valence-corrected chi connectivity index (χ2v) is 20.7. The number of aliphatic imine (C=N–C) groups is 2. The van der Waals surface area contributed by atoms with Gasteiger partial charge in [-0.2, -0.15) is 0 Å². The van der Waals surface area contributed by atoms with Gasteiger partial charge in [-0.1, -0.05) is 185 Å². The van der Waals surface area contributed by atoms with Crippen LogP contribution in [-0.4, -0.2) is 16.2 Å². The number of nitrogens with one attached hydrogen (secondary N) is 1. The molecule has 4 aliphatic rings. The first-order valence-electron chi connectivity index (χ1n) is 24.4. The summed E-state index contributed by atoms with van der Waals surface area (Å²) in [6.45, 7) is 9.71. The highest BCUT2D eigenvalue weighted by Gasteiger charge is 2.49. The molecule has 0 spiro atoms. The number of aromatic nitrogens is 1. The van der Waals surface area contributed by atoms with Gasteiger partial charge in [-0.05, 0) is 133 Å². The first-order valence-corrected chi connectivity index (χ1v) is 24.4. The van der Waals surface area contributed by atoms with Crippen molar-refractivity contribution in [2.75, 3.05) is 0 Å². The maximum Gasteiger partial charge on any atom is 0.147 e. The Morgan fingerprint density at radius 1 is 0.574 bits per heavy atom. The van der Waals surface area contributed by atoms with Gasteiger partial charge >= 0.3 is 0 Å².